The summed E-state index contributed by atoms with van der Waals surface area (Å²) in [6, 6.07) is 9.84. The van der Waals surface area contributed by atoms with E-state index < -0.39 is 0 Å². The highest BCUT2D eigenvalue weighted by molar-refractivity contribution is 5.60. The molecule has 3 rings (SSSR count). The van der Waals surface area contributed by atoms with Gasteiger partial charge in [-0.15, -0.1) is 0 Å². The van der Waals surface area contributed by atoms with Crippen LogP contribution in [0.2, 0.25) is 0 Å². The third kappa shape index (κ3) is 3.67. The van der Waals surface area contributed by atoms with Gasteiger partial charge in [0.1, 0.15) is 23.7 Å². The van der Waals surface area contributed by atoms with Gasteiger partial charge < -0.3 is 15.0 Å². The van der Waals surface area contributed by atoms with Crippen LogP contribution in [0.4, 0.5) is 17.3 Å². The first-order valence-electron chi connectivity index (χ1n) is 7.83. The molecule has 2 aromatic rings. The van der Waals surface area contributed by atoms with Crippen molar-refractivity contribution in [3.8, 4) is 5.75 Å². The topological polar surface area (TPSA) is 50.3 Å². The maximum absolute atomic E-state index is 5.17. The zero-order chi connectivity index (χ0) is 15.2. The summed E-state index contributed by atoms with van der Waals surface area (Å²) < 4.78 is 5.17. The summed E-state index contributed by atoms with van der Waals surface area (Å²) in [6.07, 6.45) is 6.75. The number of benzene rings is 1. The molecule has 0 spiro atoms. The van der Waals surface area contributed by atoms with Crippen molar-refractivity contribution in [3.05, 3.63) is 36.7 Å². The Balaban J connectivity index is 1.72. The van der Waals surface area contributed by atoms with Crippen molar-refractivity contribution >= 4 is 17.3 Å². The predicted octanol–water partition coefficient (Wildman–Crippen LogP) is 3.61. The molecular weight excluding hydrogens is 276 g/mol. The zero-order valence-corrected chi connectivity index (χ0v) is 13.0. The first-order valence-corrected chi connectivity index (χ1v) is 7.83. The Kier molecular flexibility index (Phi) is 4.73. The standard InChI is InChI=1S/C17H22N4O/c1-22-15-8-6-14(7-9-15)20-16-12-17(19-13-18-16)21-10-4-2-3-5-11-21/h6-9,12-13H,2-5,10-11H2,1H3,(H,18,19,20). The summed E-state index contributed by atoms with van der Waals surface area (Å²) in [7, 11) is 1.67. The van der Waals surface area contributed by atoms with Crippen LogP contribution in [0.5, 0.6) is 5.75 Å². The molecule has 1 N–H and O–H groups in total. The van der Waals surface area contributed by atoms with E-state index in [1.165, 1.54) is 25.7 Å². The molecule has 0 saturated carbocycles. The highest BCUT2D eigenvalue weighted by Crippen LogP contribution is 2.22. The van der Waals surface area contributed by atoms with Crippen LogP contribution in [-0.2, 0) is 0 Å². The summed E-state index contributed by atoms with van der Waals surface area (Å²) in [5.74, 6) is 2.67. The molecular formula is C17H22N4O. The Bertz CT molecular complexity index is 592. The SMILES string of the molecule is COc1ccc(Nc2cc(N3CCCCCC3)ncn2)cc1. The minimum absolute atomic E-state index is 0.819. The van der Waals surface area contributed by atoms with Gasteiger partial charge in [0.2, 0.25) is 0 Å². The number of hydrogen-bond acceptors (Lipinski definition) is 5. The van der Waals surface area contributed by atoms with Crippen LogP contribution in [-0.4, -0.2) is 30.2 Å². The molecule has 0 amide bonds. The third-order valence-electron chi connectivity index (χ3n) is 3.95. The molecule has 1 saturated heterocycles. The van der Waals surface area contributed by atoms with Gasteiger partial charge in [0.05, 0.1) is 7.11 Å². The largest absolute Gasteiger partial charge is 0.497 e. The van der Waals surface area contributed by atoms with Gasteiger partial charge in [-0.1, -0.05) is 12.8 Å². The van der Waals surface area contributed by atoms with E-state index in [0.717, 1.165) is 36.2 Å². The Labute approximate surface area is 131 Å². The van der Waals surface area contributed by atoms with E-state index in [2.05, 4.69) is 20.2 Å². The second kappa shape index (κ2) is 7.11. The molecule has 0 aliphatic carbocycles. The average molecular weight is 298 g/mol. The number of nitrogens with one attached hydrogen (secondary N) is 1. The molecule has 1 aromatic heterocycles. The number of ether oxygens (including phenoxy) is 1. The molecule has 0 bridgehead atoms. The van der Waals surface area contributed by atoms with Crippen LogP contribution in [0.25, 0.3) is 0 Å². The van der Waals surface area contributed by atoms with Gasteiger partial charge in [-0.25, -0.2) is 9.97 Å². The van der Waals surface area contributed by atoms with Crippen molar-refractivity contribution in [1.29, 1.82) is 0 Å². The molecule has 1 fully saturated rings. The second-order valence-corrected chi connectivity index (χ2v) is 5.52. The molecule has 0 radical (unpaired) electrons. The van der Waals surface area contributed by atoms with Crippen molar-refractivity contribution in [1.82, 2.24) is 9.97 Å². The average Bonchev–Trinajstić information content (AvgIpc) is 2.85. The molecule has 22 heavy (non-hydrogen) atoms. The highest BCUT2D eigenvalue weighted by atomic mass is 16.5. The lowest BCUT2D eigenvalue weighted by Crippen LogP contribution is -2.24. The third-order valence-corrected chi connectivity index (χ3v) is 3.95. The van der Waals surface area contributed by atoms with E-state index in [0.29, 0.717) is 0 Å². The summed E-state index contributed by atoms with van der Waals surface area (Å²) in [5.41, 5.74) is 0.987. The van der Waals surface area contributed by atoms with Crippen LogP contribution in [0, 0.1) is 0 Å². The maximum atomic E-state index is 5.17. The van der Waals surface area contributed by atoms with Crippen LogP contribution >= 0.6 is 0 Å². The van der Waals surface area contributed by atoms with Crippen LogP contribution < -0.4 is 15.0 Å². The molecule has 116 valence electrons. The van der Waals surface area contributed by atoms with Crippen molar-refractivity contribution in [2.45, 2.75) is 25.7 Å². The van der Waals surface area contributed by atoms with E-state index in [9.17, 15) is 0 Å². The van der Waals surface area contributed by atoms with Gasteiger partial charge in [-0.3, -0.25) is 0 Å². The van der Waals surface area contributed by atoms with E-state index >= 15 is 0 Å². The van der Waals surface area contributed by atoms with Gasteiger partial charge >= 0.3 is 0 Å². The number of methoxy groups -OCH3 is 1. The van der Waals surface area contributed by atoms with Crippen LogP contribution in [0.3, 0.4) is 0 Å². The quantitative estimate of drug-likeness (QED) is 0.934. The normalized spacial score (nSPS) is 15.2. The Morgan fingerprint density at radius 3 is 2.41 bits per heavy atom. The lowest BCUT2D eigenvalue weighted by atomic mass is 10.2. The van der Waals surface area contributed by atoms with Gasteiger partial charge in [-0.2, -0.15) is 0 Å². The molecule has 1 aliphatic rings. The first-order chi connectivity index (χ1) is 10.8. The first kappa shape index (κ1) is 14.6. The summed E-state index contributed by atoms with van der Waals surface area (Å²) >= 11 is 0. The Morgan fingerprint density at radius 2 is 1.73 bits per heavy atom. The summed E-state index contributed by atoms with van der Waals surface area (Å²) in [6.45, 7) is 2.16. The fourth-order valence-electron chi connectivity index (χ4n) is 2.71. The lowest BCUT2D eigenvalue weighted by Gasteiger charge is -2.21. The number of aromatic nitrogens is 2. The maximum Gasteiger partial charge on any atom is 0.135 e. The Hall–Kier alpha value is -2.30. The number of nitrogens with zero attached hydrogens (tertiary/aromatic N) is 3. The van der Waals surface area contributed by atoms with Gasteiger partial charge in [-0.05, 0) is 37.1 Å². The number of hydrogen-bond donors (Lipinski definition) is 1. The van der Waals surface area contributed by atoms with Gasteiger partial charge in [0.25, 0.3) is 0 Å². The highest BCUT2D eigenvalue weighted by Gasteiger charge is 2.11. The molecule has 1 aromatic carbocycles. The Morgan fingerprint density at radius 1 is 1.00 bits per heavy atom. The van der Waals surface area contributed by atoms with Crippen LogP contribution in [0.1, 0.15) is 25.7 Å². The lowest BCUT2D eigenvalue weighted by molar-refractivity contribution is 0.415. The molecule has 2 heterocycles. The fraction of sp³-hybridized carbons (Fsp3) is 0.412. The molecule has 0 unspecified atom stereocenters. The number of rotatable bonds is 4. The molecule has 5 nitrogen and oxygen atoms in total. The minimum atomic E-state index is 0.819. The van der Waals surface area contributed by atoms with Crippen LogP contribution in [0.15, 0.2) is 36.7 Å². The van der Waals surface area contributed by atoms with Crippen molar-refractivity contribution in [2.75, 3.05) is 30.4 Å². The van der Waals surface area contributed by atoms with E-state index in [-0.39, 0.29) is 0 Å². The molecule has 0 atom stereocenters. The minimum Gasteiger partial charge on any atom is -0.497 e. The summed E-state index contributed by atoms with van der Waals surface area (Å²) in [5, 5.41) is 3.32. The molecule has 5 heteroatoms. The van der Waals surface area contributed by atoms with E-state index in [4.69, 9.17) is 4.74 Å². The van der Waals surface area contributed by atoms with Crippen molar-refractivity contribution < 1.29 is 4.74 Å². The van der Waals surface area contributed by atoms with Gasteiger partial charge in [0.15, 0.2) is 0 Å². The number of anilines is 3. The zero-order valence-electron chi connectivity index (χ0n) is 13.0. The van der Waals surface area contributed by atoms with E-state index in [1.54, 1.807) is 13.4 Å². The van der Waals surface area contributed by atoms with Crippen molar-refractivity contribution in [2.24, 2.45) is 0 Å². The predicted molar refractivity (Wildman–Crippen MR) is 89.0 cm³/mol. The van der Waals surface area contributed by atoms with Gasteiger partial charge in [0, 0.05) is 24.8 Å². The van der Waals surface area contributed by atoms with E-state index in [1.807, 2.05) is 30.3 Å². The summed E-state index contributed by atoms with van der Waals surface area (Å²) in [4.78, 5) is 11.1. The fourth-order valence-corrected chi connectivity index (χ4v) is 2.71. The monoisotopic (exact) mass is 298 g/mol. The molecule has 1 aliphatic heterocycles. The van der Waals surface area contributed by atoms with Crippen molar-refractivity contribution in [3.63, 3.8) is 0 Å². The second-order valence-electron chi connectivity index (χ2n) is 5.52. The smallest absolute Gasteiger partial charge is 0.135 e.